The number of benzene rings is 2. The highest BCUT2D eigenvalue weighted by Crippen LogP contribution is 2.37. The lowest BCUT2D eigenvalue weighted by Crippen LogP contribution is -2.18. The molecular weight excluding hydrogens is 475 g/mol. The van der Waals surface area contributed by atoms with E-state index >= 15 is 0 Å². The first-order valence-corrected chi connectivity index (χ1v) is 11.1. The molecule has 1 heterocycles. The second-order valence-electron chi connectivity index (χ2n) is 7.80. The lowest BCUT2D eigenvalue weighted by atomic mass is 9.97. The molecule has 2 aromatic carbocycles. The van der Waals surface area contributed by atoms with Crippen LogP contribution < -0.4 is 10.1 Å². The van der Waals surface area contributed by atoms with Crippen LogP contribution in [0.25, 0.3) is 11.1 Å². The Labute approximate surface area is 206 Å². The van der Waals surface area contributed by atoms with Gasteiger partial charge in [-0.3, -0.25) is 4.79 Å². The van der Waals surface area contributed by atoms with Crippen molar-refractivity contribution in [1.29, 1.82) is 0 Å². The summed E-state index contributed by atoms with van der Waals surface area (Å²) in [7, 11) is 1.49. The number of methoxy groups -OCH3 is 1. The molecule has 0 radical (unpaired) electrons. The molecule has 0 aliphatic rings. The predicted octanol–water partition coefficient (Wildman–Crippen LogP) is 5.09. The first-order valence-electron chi connectivity index (χ1n) is 11.1. The van der Waals surface area contributed by atoms with Crippen LogP contribution >= 0.6 is 0 Å². The number of hydrogen-bond donors (Lipinski definition) is 2. The smallest absolute Gasteiger partial charge is 0.417 e. The molecule has 36 heavy (non-hydrogen) atoms. The Kier molecular flexibility index (Phi) is 9.40. The van der Waals surface area contributed by atoms with Gasteiger partial charge in [-0.25, -0.2) is 4.98 Å². The molecular formula is C26H26F3N3O4. The molecule has 10 heteroatoms. The first kappa shape index (κ1) is 26.7. The van der Waals surface area contributed by atoms with Crippen LogP contribution in [-0.4, -0.2) is 35.9 Å². The molecule has 0 bridgehead atoms. The zero-order valence-corrected chi connectivity index (χ0v) is 19.6. The number of carboxylic acids is 1. The number of oxime groups is 1. The zero-order valence-electron chi connectivity index (χ0n) is 19.6. The summed E-state index contributed by atoms with van der Waals surface area (Å²) >= 11 is 0. The monoisotopic (exact) mass is 501 g/mol. The van der Waals surface area contributed by atoms with Crippen LogP contribution in [0.1, 0.15) is 28.8 Å². The van der Waals surface area contributed by atoms with Gasteiger partial charge in [0, 0.05) is 37.0 Å². The zero-order chi connectivity index (χ0) is 26.0. The van der Waals surface area contributed by atoms with Gasteiger partial charge in [0.25, 0.3) is 0 Å². The van der Waals surface area contributed by atoms with Gasteiger partial charge in [-0.05, 0) is 28.8 Å². The summed E-state index contributed by atoms with van der Waals surface area (Å²) in [6, 6.07) is 16.1. The van der Waals surface area contributed by atoms with E-state index in [1.165, 1.54) is 19.4 Å². The van der Waals surface area contributed by atoms with Gasteiger partial charge in [0.15, 0.2) is 0 Å². The summed E-state index contributed by atoms with van der Waals surface area (Å²) in [5.74, 6) is -0.475. The third-order valence-corrected chi connectivity index (χ3v) is 5.18. The maximum absolute atomic E-state index is 13.6. The lowest BCUT2D eigenvalue weighted by Gasteiger charge is -2.14. The molecule has 0 spiro atoms. The van der Waals surface area contributed by atoms with Crippen LogP contribution in [-0.2, 0) is 35.4 Å². The number of nitrogens with zero attached hydrogens (tertiary/aromatic N) is 2. The van der Waals surface area contributed by atoms with E-state index in [9.17, 15) is 18.0 Å². The third-order valence-electron chi connectivity index (χ3n) is 5.18. The Hall–Kier alpha value is -3.92. The average molecular weight is 502 g/mol. The van der Waals surface area contributed by atoms with E-state index in [0.29, 0.717) is 42.2 Å². The molecule has 0 atom stereocenters. The van der Waals surface area contributed by atoms with Gasteiger partial charge < -0.3 is 20.0 Å². The fourth-order valence-corrected chi connectivity index (χ4v) is 3.43. The second kappa shape index (κ2) is 12.7. The Morgan fingerprint density at radius 3 is 2.61 bits per heavy atom. The highest BCUT2D eigenvalue weighted by molar-refractivity contribution is 5.68. The molecule has 3 rings (SSSR count). The van der Waals surface area contributed by atoms with E-state index in [1.54, 1.807) is 42.5 Å². The van der Waals surface area contributed by atoms with Crippen molar-refractivity contribution in [2.45, 2.75) is 32.2 Å². The standard InChI is InChI=1S/C26H26F3N3O4/c1-35-25-20(16-30-13-12-24(33)34)8-9-21(32-25)11-14-31-36-17-18-7-10-22(19-5-3-2-4-6-19)23(15-18)26(27,28)29/h2-10,14-15,30H,11-13,16-17H2,1H3,(H,33,34). The number of carboxylic acid groups (broad SMARTS) is 1. The topological polar surface area (TPSA) is 93.0 Å². The maximum Gasteiger partial charge on any atom is 0.417 e. The van der Waals surface area contributed by atoms with Gasteiger partial charge in [0.2, 0.25) is 5.88 Å². The molecule has 0 saturated carbocycles. The van der Waals surface area contributed by atoms with E-state index in [-0.39, 0.29) is 18.6 Å². The molecule has 0 unspecified atom stereocenters. The van der Waals surface area contributed by atoms with Crippen LogP contribution in [0, 0.1) is 0 Å². The molecule has 1 aromatic heterocycles. The van der Waals surface area contributed by atoms with E-state index in [2.05, 4.69) is 15.5 Å². The molecule has 0 aliphatic carbocycles. The van der Waals surface area contributed by atoms with Gasteiger partial charge in [0.05, 0.1) is 19.1 Å². The van der Waals surface area contributed by atoms with E-state index in [0.717, 1.165) is 11.6 Å². The fourth-order valence-electron chi connectivity index (χ4n) is 3.43. The van der Waals surface area contributed by atoms with Crippen molar-refractivity contribution < 1.29 is 32.6 Å². The minimum atomic E-state index is -4.51. The molecule has 0 fully saturated rings. The van der Waals surface area contributed by atoms with E-state index < -0.39 is 17.7 Å². The fraction of sp³-hybridized carbons (Fsp3) is 0.269. The second-order valence-corrected chi connectivity index (χ2v) is 7.80. The normalized spacial score (nSPS) is 11.6. The number of hydrogen-bond acceptors (Lipinski definition) is 6. The van der Waals surface area contributed by atoms with Gasteiger partial charge in [-0.15, -0.1) is 0 Å². The van der Waals surface area contributed by atoms with Gasteiger partial charge in [-0.1, -0.05) is 53.7 Å². The SMILES string of the molecule is COc1nc(CC=NOCc2ccc(-c3ccccc3)c(C(F)(F)F)c2)ccc1CNCCC(=O)O. The highest BCUT2D eigenvalue weighted by Gasteiger charge is 2.34. The number of pyridine rings is 1. The van der Waals surface area contributed by atoms with Crippen LogP contribution in [0.4, 0.5) is 13.2 Å². The number of aromatic nitrogens is 1. The molecule has 2 N–H and O–H groups in total. The van der Waals surface area contributed by atoms with Crippen LogP contribution in [0.3, 0.4) is 0 Å². The minimum absolute atomic E-state index is 0.0129. The Balaban J connectivity index is 1.57. The Morgan fingerprint density at radius 1 is 1.14 bits per heavy atom. The predicted molar refractivity (Wildman–Crippen MR) is 129 cm³/mol. The highest BCUT2D eigenvalue weighted by atomic mass is 19.4. The van der Waals surface area contributed by atoms with Crippen molar-refractivity contribution in [3.63, 3.8) is 0 Å². The quantitative estimate of drug-likeness (QED) is 0.204. The van der Waals surface area contributed by atoms with Crippen LogP contribution in [0.2, 0.25) is 0 Å². The molecule has 0 amide bonds. The number of halogens is 3. The Morgan fingerprint density at radius 2 is 1.92 bits per heavy atom. The van der Waals surface area contributed by atoms with E-state index in [1.807, 2.05) is 6.07 Å². The largest absolute Gasteiger partial charge is 0.481 e. The minimum Gasteiger partial charge on any atom is -0.481 e. The maximum atomic E-state index is 13.6. The number of rotatable bonds is 12. The number of ether oxygens (including phenoxy) is 1. The summed E-state index contributed by atoms with van der Waals surface area (Å²) in [6.07, 6.45) is -2.70. The molecule has 3 aromatic rings. The summed E-state index contributed by atoms with van der Waals surface area (Å²) in [5.41, 5.74) is 1.64. The van der Waals surface area contributed by atoms with Gasteiger partial charge in [-0.2, -0.15) is 13.2 Å². The van der Waals surface area contributed by atoms with E-state index in [4.69, 9.17) is 14.7 Å². The van der Waals surface area contributed by atoms with Crippen LogP contribution in [0.15, 0.2) is 65.8 Å². The molecule has 0 aliphatic heterocycles. The number of alkyl halides is 3. The first-order chi connectivity index (χ1) is 17.3. The average Bonchev–Trinajstić information content (AvgIpc) is 2.86. The van der Waals surface area contributed by atoms with Crippen molar-refractivity contribution in [3.8, 4) is 17.0 Å². The number of nitrogens with one attached hydrogen (secondary N) is 1. The van der Waals surface area contributed by atoms with Crippen molar-refractivity contribution in [2.24, 2.45) is 5.16 Å². The van der Waals surface area contributed by atoms with Crippen molar-refractivity contribution in [2.75, 3.05) is 13.7 Å². The van der Waals surface area contributed by atoms with Crippen molar-refractivity contribution >= 4 is 12.2 Å². The number of aliphatic carboxylic acids is 1. The van der Waals surface area contributed by atoms with Crippen molar-refractivity contribution in [3.05, 3.63) is 83.0 Å². The lowest BCUT2D eigenvalue weighted by molar-refractivity contribution is -0.138. The summed E-state index contributed by atoms with van der Waals surface area (Å²) in [4.78, 5) is 20.2. The molecule has 190 valence electrons. The van der Waals surface area contributed by atoms with Crippen LogP contribution in [0.5, 0.6) is 5.88 Å². The van der Waals surface area contributed by atoms with Crippen molar-refractivity contribution in [1.82, 2.24) is 10.3 Å². The molecule has 7 nitrogen and oxygen atoms in total. The number of carbonyl (C=O) groups is 1. The van der Waals surface area contributed by atoms with Gasteiger partial charge in [0.1, 0.15) is 6.61 Å². The summed E-state index contributed by atoms with van der Waals surface area (Å²) in [5, 5.41) is 15.5. The Bertz CT molecular complexity index is 1180. The molecule has 0 saturated heterocycles. The summed E-state index contributed by atoms with van der Waals surface area (Å²) in [6.45, 7) is 0.611. The summed E-state index contributed by atoms with van der Waals surface area (Å²) < 4.78 is 46.2. The third kappa shape index (κ3) is 7.81. The van der Waals surface area contributed by atoms with Gasteiger partial charge >= 0.3 is 12.1 Å².